The Hall–Kier alpha value is -0.690. The first-order valence-corrected chi connectivity index (χ1v) is 9.69. The maximum Gasteiger partial charge on any atom is 0.257 e. The maximum absolute atomic E-state index is 5.38. The molecule has 2 aromatic rings. The van der Waals surface area contributed by atoms with E-state index in [4.69, 9.17) is 4.52 Å². The molecule has 0 radical (unpaired) electrons. The van der Waals surface area contributed by atoms with Crippen molar-refractivity contribution in [3.05, 3.63) is 35.7 Å². The molecule has 0 saturated carbocycles. The van der Waals surface area contributed by atoms with E-state index in [0.717, 1.165) is 17.8 Å². The smallest absolute Gasteiger partial charge is 0.257 e. The van der Waals surface area contributed by atoms with Gasteiger partial charge in [0.2, 0.25) is 0 Å². The number of benzene rings is 1. The highest BCUT2D eigenvalue weighted by Crippen LogP contribution is 2.43. The van der Waals surface area contributed by atoms with Crippen LogP contribution in [0, 0.1) is 0 Å². The van der Waals surface area contributed by atoms with Crippen molar-refractivity contribution in [3.8, 4) is 11.5 Å². The Balaban J connectivity index is 0.00000192. The van der Waals surface area contributed by atoms with Gasteiger partial charge in [-0.25, -0.2) is 0 Å². The summed E-state index contributed by atoms with van der Waals surface area (Å²) in [6, 6.07) is 8.89. The standard InChI is InChI=1S/C16H21N3OS2.ClH/c1-11(17-2)10-14-18-15(20-19-14)12-4-6-13(7-5-12)16-21-8-3-9-22-16;/h4-7,11,16-17H,3,8-10H2,1-2H3;1H. The fourth-order valence-electron chi connectivity index (χ4n) is 2.29. The minimum Gasteiger partial charge on any atom is -0.334 e. The molecule has 1 fully saturated rings. The summed E-state index contributed by atoms with van der Waals surface area (Å²) in [5.41, 5.74) is 2.37. The number of hydrogen-bond acceptors (Lipinski definition) is 6. The molecule has 0 spiro atoms. The zero-order chi connectivity index (χ0) is 15.4. The Morgan fingerprint density at radius 2 is 1.96 bits per heavy atom. The van der Waals surface area contributed by atoms with Crippen LogP contribution in [0.5, 0.6) is 0 Å². The predicted molar refractivity (Wildman–Crippen MR) is 101 cm³/mol. The summed E-state index contributed by atoms with van der Waals surface area (Å²) in [4.78, 5) is 4.48. The van der Waals surface area contributed by atoms with E-state index < -0.39 is 0 Å². The van der Waals surface area contributed by atoms with Crippen LogP contribution in [0.1, 0.15) is 29.3 Å². The highest BCUT2D eigenvalue weighted by atomic mass is 35.5. The van der Waals surface area contributed by atoms with Gasteiger partial charge in [-0.3, -0.25) is 0 Å². The Morgan fingerprint density at radius 1 is 1.26 bits per heavy atom. The number of thioether (sulfide) groups is 2. The van der Waals surface area contributed by atoms with Crippen molar-refractivity contribution in [2.45, 2.75) is 30.4 Å². The molecular weight excluding hydrogens is 350 g/mol. The van der Waals surface area contributed by atoms with E-state index in [1.165, 1.54) is 23.5 Å². The molecule has 0 bridgehead atoms. The molecule has 1 N–H and O–H groups in total. The van der Waals surface area contributed by atoms with Gasteiger partial charge in [0.15, 0.2) is 5.82 Å². The number of nitrogens with one attached hydrogen (secondary N) is 1. The number of halogens is 1. The average Bonchev–Trinajstić information content (AvgIpc) is 3.04. The molecule has 1 aliphatic rings. The summed E-state index contributed by atoms with van der Waals surface area (Å²) in [7, 11) is 1.94. The van der Waals surface area contributed by atoms with Crippen LogP contribution in [0.3, 0.4) is 0 Å². The third-order valence-corrected chi connectivity index (χ3v) is 6.72. The topological polar surface area (TPSA) is 51.0 Å². The second-order valence-electron chi connectivity index (χ2n) is 5.46. The van der Waals surface area contributed by atoms with Gasteiger partial charge >= 0.3 is 0 Å². The van der Waals surface area contributed by atoms with E-state index in [1.807, 2.05) is 30.6 Å². The molecule has 1 unspecified atom stereocenters. The van der Waals surface area contributed by atoms with E-state index in [0.29, 0.717) is 16.5 Å². The number of rotatable bonds is 5. The van der Waals surface area contributed by atoms with Crippen LogP contribution in [0.2, 0.25) is 0 Å². The first kappa shape index (κ1) is 18.6. The van der Waals surface area contributed by atoms with Crippen molar-refractivity contribution in [2.24, 2.45) is 0 Å². The van der Waals surface area contributed by atoms with Crippen molar-refractivity contribution >= 4 is 35.9 Å². The molecule has 126 valence electrons. The number of likely N-dealkylation sites (N-methyl/N-ethyl adjacent to an activating group) is 1. The normalized spacial score (nSPS) is 16.8. The predicted octanol–water partition coefficient (Wildman–Crippen LogP) is 4.18. The van der Waals surface area contributed by atoms with Crippen LogP contribution < -0.4 is 5.32 Å². The second kappa shape index (κ2) is 8.97. The van der Waals surface area contributed by atoms with E-state index in [9.17, 15) is 0 Å². The zero-order valence-electron chi connectivity index (χ0n) is 13.3. The van der Waals surface area contributed by atoms with Gasteiger partial charge in [0.1, 0.15) is 0 Å². The van der Waals surface area contributed by atoms with Gasteiger partial charge in [-0.2, -0.15) is 4.98 Å². The summed E-state index contributed by atoms with van der Waals surface area (Å²) in [6.45, 7) is 2.10. The molecule has 7 heteroatoms. The summed E-state index contributed by atoms with van der Waals surface area (Å²) < 4.78 is 5.95. The zero-order valence-corrected chi connectivity index (χ0v) is 15.8. The highest BCUT2D eigenvalue weighted by Gasteiger charge is 2.17. The highest BCUT2D eigenvalue weighted by molar-refractivity contribution is 8.16. The number of hydrogen-bond donors (Lipinski definition) is 1. The molecule has 0 aliphatic carbocycles. The summed E-state index contributed by atoms with van der Waals surface area (Å²) >= 11 is 4.07. The lowest BCUT2D eigenvalue weighted by atomic mass is 10.1. The van der Waals surface area contributed by atoms with Crippen molar-refractivity contribution in [3.63, 3.8) is 0 Å². The summed E-state index contributed by atoms with van der Waals surface area (Å²) in [5, 5.41) is 7.24. The van der Waals surface area contributed by atoms with Crippen molar-refractivity contribution in [1.82, 2.24) is 15.5 Å². The first-order chi connectivity index (χ1) is 10.8. The molecule has 23 heavy (non-hydrogen) atoms. The molecular formula is C16H22ClN3OS2. The maximum atomic E-state index is 5.38. The van der Waals surface area contributed by atoms with Crippen LogP contribution in [-0.2, 0) is 6.42 Å². The van der Waals surface area contributed by atoms with E-state index in [-0.39, 0.29) is 12.4 Å². The number of aromatic nitrogens is 2. The van der Waals surface area contributed by atoms with E-state index in [2.05, 4.69) is 46.6 Å². The van der Waals surface area contributed by atoms with Crippen molar-refractivity contribution < 1.29 is 4.52 Å². The van der Waals surface area contributed by atoms with Gasteiger partial charge in [0, 0.05) is 18.0 Å². The second-order valence-corrected chi connectivity index (χ2v) is 8.18. The lowest BCUT2D eigenvalue weighted by Gasteiger charge is -2.21. The lowest BCUT2D eigenvalue weighted by molar-refractivity contribution is 0.418. The van der Waals surface area contributed by atoms with E-state index >= 15 is 0 Å². The van der Waals surface area contributed by atoms with Crippen LogP contribution >= 0.6 is 35.9 Å². The summed E-state index contributed by atoms with van der Waals surface area (Å²) in [5.74, 6) is 3.87. The molecule has 0 amide bonds. The monoisotopic (exact) mass is 371 g/mol. The Bertz CT molecular complexity index is 600. The van der Waals surface area contributed by atoms with Crippen LogP contribution in [0.15, 0.2) is 28.8 Å². The van der Waals surface area contributed by atoms with Crippen molar-refractivity contribution in [1.29, 1.82) is 0 Å². The van der Waals surface area contributed by atoms with Gasteiger partial charge in [0.05, 0.1) is 4.58 Å². The minimum absolute atomic E-state index is 0. The van der Waals surface area contributed by atoms with Gasteiger partial charge < -0.3 is 9.84 Å². The molecule has 1 aromatic heterocycles. The fourth-order valence-corrected chi connectivity index (χ4v) is 5.19. The van der Waals surface area contributed by atoms with Crippen LogP contribution in [-0.4, -0.2) is 34.7 Å². The molecule has 1 aromatic carbocycles. The Kier molecular flexibility index (Phi) is 7.27. The summed E-state index contributed by atoms with van der Waals surface area (Å²) in [6.07, 6.45) is 2.09. The third kappa shape index (κ3) is 4.89. The fraction of sp³-hybridized carbons (Fsp3) is 0.500. The lowest BCUT2D eigenvalue weighted by Crippen LogP contribution is -2.24. The third-order valence-electron chi connectivity index (χ3n) is 3.71. The quantitative estimate of drug-likeness (QED) is 0.850. The molecule has 4 nitrogen and oxygen atoms in total. The first-order valence-electron chi connectivity index (χ1n) is 7.59. The van der Waals surface area contributed by atoms with E-state index in [1.54, 1.807) is 0 Å². The average molecular weight is 372 g/mol. The Labute approximate surface area is 152 Å². The van der Waals surface area contributed by atoms with Gasteiger partial charge in [0.25, 0.3) is 5.89 Å². The van der Waals surface area contributed by atoms with Crippen molar-refractivity contribution in [2.75, 3.05) is 18.6 Å². The SMILES string of the molecule is CNC(C)Cc1noc(-c2ccc(C3SCCCS3)cc2)n1.Cl. The van der Waals surface area contributed by atoms with Gasteiger partial charge in [-0.15, -0.1) is 35.9 Å². The van der Waals surface area contributed by atoms with Gasteiger partial charge in [-0.1, -0.05) is 17.3 Å². The molecule has 3 rings (SSSR count). The molecule has 1 atom stereocenters. The minimum atomic E-state index is 0. The Morgan fingerprint density at radius 3 is 2.61 bits per heavy atom. The largest absolute Gasteiger partial charge is 0.334 e. The van der Waals surface area contributed by atoms with Crippen LogP contribution in [0.4, 0.5) is 0 Å². The number of nitrogens with zero attached hydrogens (tertiary/aromatic N) is 2. The molecule has 2 heterocycles. The molecule has 1 saturated heterocycles. The molecule has 1 aliphatic heterocycles. The van der Waals surface area contributed by atoms with Crippen LogP contribution in [0.25, 0.3) is 11.5 Å². The van der Waals surface area contributed by atoms with Gasteiger partial charge in [-0.05, 0) is 49.6 Å².